The molecule has 1 aromatic rings. The highest BCUT2D eigenvalue weighted by Gasteiger charge is 2.39. The van der Waals surface area contributed by atoms with Crippen LogP contribution < -0.4 is 0 Å². The summed E-state index contributed by atoms with van der Waals surface area (Å²) in [5, 5.41) is 11.2. The van der Waals surface area contributed by atoms with Gasteiger partial charge in [0.15, 0.2) is 0 Å². The molecule has 2 unspecified atom stereocenters. The second-order valence-corrected chi connectivity index (χ2v) is 5.95. The number of carboxylic acid groups (broad SMARTS) is 1. The zero-order chi connectivity index (χ0) is 13.8. The summed E-state index contributed by atoms with van der Waals surface area (Å²) in [4.78, 5) is 26.6. The lowest BCUT2D eigenvalue weighted by Crippen LogP contribution is -2.38. The monoisotopic (exact) mass is 281 g/mol. The Balaban J connectivity index is 2.05. The van der Waals surface area contributed by atoms with E-state index in [2.05, 4.69) is 0 Å². The van der Waals surface area contributed by atoms with E-state index in [4.69, 9.17) is 0 Å². The zero-order valence-electron chi connectivity index (χ0n) is 11.0. The van der Waals surface area contributed by atoms with Crippen molar-refractivity contribution in [3.05, 3.63) is 22.4 Å². The molecule has 0 radical (unpaired) electrons. The quantitative estimate of drug-likeness (QED) is 0.902. The van der Waals surface area contributed by atoms with Gasteiger partial charge in [0, 0.05) is 11.4 Å². The highest BCUT2D eigenvalue weighted by atomic mass is 32.1. The summed E-state index contributed by atoms with van der Waals surface area (Å²) in [6.45, 7) is 3.16. The summed E-state index contributed by atoms with van der Waals surface area (Å²) < 4.78 is 0. The molecular weight excluding hydrogens is 262 g/mol. The number of carboxylic acids is 1. The molecule has 0 aliphatic heterocycles. The summed E-state index contributed by atoms with van der Waals surface area (Å²) in [6.07, 6.45) is 2.17. The van der Waals surface area contributed by atoms with Crippen LogP contribution >= 0.6 is 11.3 Å². The van der Waals surface area contributed by atoms with Gasteiger partial charge in [-0.3, -0.25) is 9.59 Å². The van der Waals surface area contributed by atoms with Gasteiger partial charge >= 0.3 is 5.97 Å². The number of hydrogen-bond donors (Lipinski definition) is 1. The van der Waals surface area contributed by atoms with E-state index in [1.807, 2.05) is 24.4 Å². The zero-order valence-corrected chi connectivity index (χ0v) is 11.9. The van der Waals surface area contributed by atoms with Gasteiger partial charge < -0.3 is 10.0 Å². The molecule has 1 aromatic heterocycles. The van der Waals surface area contributed by atoms with Gasteiger partial charge in [0.1, 0.15) is 0 Å². The van der Waals surface area contributed by atoms with Gasteiger partial charge in [-0.05, 0) is 31.2 Å². The van der Waals surface area contributed by atoms with Crippen LogP contribution in [0.15, 0.2) is 17.5 Å². The first-order valence-electron chi connectivity index (χ1n) is 6.67. The fourth-order valence-electron chi connectivity index (χ4n) is 2.72. The van der Waals surface area contributed by atoms with Gasteiger partial charge in [-0.2, -0.15) is 0 Å². The number of aliphatic carboxylic acids is 1. The lowest BCUT2D eigenvalue weighted by atomic mass is 9.94. The van der Waals surface area contributed by atoms with Crippen LogP contribution in [-0.2, 0) is 16.1 Å². The predicted octanol–water partition coefficient (Wildman–Crippen LogP) is 2.60. The molecular formula is C14H19NO3S. The maximum atomic E-state index is 12.5. The highest BCUT2D eigenvalue weighted by Crippen LogP contribution is 2.33. The van der Waals surface area contributed by atoms with Crippen LogP contribution in [0.4, 0.5) is 0 Å². The first kappa shape index (κ1) is 14.1. The maximum Gasteiger partial charge on any atom is 0.307 e. The Labute approximate surface area is 117 Å². The molecule has 0 bridgehead atoms. The maximum absolute atomic E-state index is 12.5. The summed E-state index contributed by atoms with van der Waals surface area (Å²) >= 11 is 1.62. The van der Waals surface area contributed by atoms with Crippen molar-refractivity contribution < 1.29 is 14.7 Å². The van der Waals surface area contributed by atoms with E-state index >= 15 is 0 Å². The average Bonchev–Trinajstić information content (AvgIpc) is 3.05. The van der Waals surface area contributed by atoms with Crippen molar-refractivity contribution in [2.75, 3.05) is 6.54 Å². The highest BCUT2D eigenvalue weighted by molar-refractivity contribution is 7.09. The predicted molar refractivity (Wildman–Crippen MR) is 73.9 cm³/mol. The number of amides is 1. The van der Waals surface area contributed by atoms with Crippen LogP contribution in [0, 0.1) is 11.8 Å². The van der Waals surface area contributed by atoms with Crippen LogP contribution in [0.2, 0.25) is 0 Å². The third-order valence-electron chi connectivity index (χ3n) is 3.77. The van der Waals surface area contributed by atoms with Crippen molar-refractivity contribution in [3.8, 4) is 0 Å². The van der Waals surface area contributed by atoms with Gasteiger partial charge in [-0.25, -0.2) is 0 Å². The standard InChI is InChI=1S/C14H19NO3S/c1-2-15(9-10-5-4-8-19-10)13(16)11-6-3-7-12(11)14(17)18/h4-5,8,11-12H,2-3,6-7,9H2,1H3,(H,17,18). The molecule has 1 amide bonds. The largest absolute Gasteiger partial charge is 0.481 e. The number of hydrogen-bond acceptors (Lipinski definition) is 3. The Hall–Kier alpha value is -1.36. The van der Waals surface area contributed by atoms with Crippen LogP contribution in [0.1, 0.15) is 31.1 Å². The molecule has 0 spiro atoms. The molecule has 1 heterocycles. The molecule has 2 rings (SSSR count). The molecule has 5 heteroatoms. The summed E-state index contributed by atoms with van der Waals surface area (Å²) in [7, 11) is 0. The first-order valence-corrected chi connectivity index (χ1v) is 7.55. The third kappa shape index (κ3) is 3.15. The molecule has 1 fully saturated rings. The minimum atomic E-state index is -0.831. The normalized spacial score (nSPS) is 22.4. The first-order chi connectivity index (χ1) is 9.13. The minimum absolute atomic E-state index is 0.000741. The summed E-state index contributed by atoms with van der Waals surface area (Å²) in [6, 6.07) is 3.97. The Morgan fingerprint density at radius 1 is 1.42 bits per heavy atom. The molecule has 0 saturated heterocycles. The molecule has 2 atom stereocenters. The molecule has 104 valence electrons. The van der Waals surface area contributed by atoms with Crippen molar-refractivity contribution in [1.29, 1.82) is 0 Å². The molecule has 1 saturated carbocycles. The van der Waals surface area contributed by atoms with E-state index in [-0.39, 0.29) is 11.8 Å². The number of carbonyl (C=O) groups excluding carboxylic acids is 1. The fraction of sp³-hybridized carbons (Fsp3) is 0.571. The van der Waals surface area contributed by atoms with E-state index in [9.17, 15) is 14.7 Å². The third-order valence-corrected chi connectivity index (χ3v) is 4.63. The van der Waals surface area contributed by atoms with Gasteiger partial charge in [0.05, 0.1) is 18.4 Å². The van der Waals surface area contributed by atoms with E-state index in [0.29, 0.717) is 25.9 Å². The number of nitrogens with zero attached hydrogens (tertiary/aromatic N) is 1. The Kier molecular flexibility index (Phi) is 4.58. The van der Waals surface area contributed by atoms with E-state index in [0.717, 1.165) is 11.3 Å². The van der Waals surface area contributed by atoms with Gasteiger partial charge in [0.2, 0.25) is 5.91 Å². The van der Waals surface area contributed by atoms with Gasteiger partial charge in [0.25, 0.3) is 0 Å². The summed E-state index contributed by atoms with van der Waals surface area (Å²) in [5.74, 6) is -1.66. The molecule has 0 aromatic carbocycles. The fourth-order valence-corrected chi connectivity index (χ4v) is 3.44. The Morgan fingerprint density at radius 3 is 2.74 bits per heavy atom. The molecule has 19 heavy (non-hydrogen) atoms. The lowest BCUT2D eigenvalue weighted by molar-refractivity contribution is -0.149. The van der Waals surface area contributed by atoms with E-state index in [1.54, 1.807) is 16.2 Å². The average molecular weight is 281 g/mol. The van der Waals surface area contributed by atoms with Crippen molar-refractivity contribution in [2.45, 2.75) is 32.7 Å². The minimum Gasteiger partial charge on any atom is -0.481 e. The smallest absolute Gasteiger partial charge is 0.307 e. The molecule has 1 aliphatic rings. The van der Waals surface area contributed by atoms with Crippen LogP contribution in [0.5, 0.6) is 0 Å². The summed E-state index contributed by atoms with van der Waals surface area (Å²) in [5.41, 5.74) is 0. The lowest BCUT2D eigenvalue weighted by Gasteiger charge is -2.25. The van der Waals surface area contributed by atoms with E-state index in [1.165, 1.54) is 0 Å². The number of rotatable bonds is 5. The second-order valence-electron chi connectivity index (χ2n) is 4.91. The van der Waals surface area contributed by atoms with Crippen LogP contribution in [0.25, 0.3) is 0 Å². The second kappa shape index (κ2) is 6.19. The Morgan fingerprint density at radius 2 is 2.16 bits per heavy atom. The van der Waals surface area contributed by atoms with Crippen molar-refractivity contribution in [3.63, 3.8) is 0 Å². The number of carbonyl (C=O) groups is 2. The van der Waals surface area contributed by atoms with Crippen LogP contribution in [0.3, 0.4) is 0 Å². The molecule has 4 nitrogen and oxygen atoms in total. The molecule has 1 N–H and O–H groups in total. The Bertz CT molecular complexity index is 444. The van der Waals surface area contributed by atoms with Crippen molar-refractivity contribution >= 4 is 23.2 Å². The van der Waals surface area contributed by atoms with Crippen LogP contribution in [-0.4, -0.2) is 28.4 Å². The van der Waals surface area contributed by atoms with Crippen molar-refractivity contribution in [1.82, 2.24) is 4.90 Å². The number of thiophene rings is 1. The van der Waals surface area contributed by atoms with Gasteiger partial charge in [-0.15, -0.1) is 11.3 Å². The molecule has 1 aliphatic carbocycles. The van der Waals surface area contributed by atoms with Crippen molar-refractivity contribution in [2.24, 2.45) is 11.8 Å². The SMILES string of the molecule is CCN(Cc1cccs1)C(=O)C1CCCC1C(=O)O. The topological polar surface area (TPSA) is 57.6 Å². The van der Waals surface area contributed by atoms with E-state index < -0.39 is 11.9 Å². The van der Waals surface area contributed by atoms with Gasteiger partial charge in [-0.1, -0.05) is 12.5 Å².